The molecule has 1 aliphatic heterocycles. The van der Waals surface area contributed by atoms with Gasteiger partial charge >= 0.3 is 0 Å². The topological polar surface area (TPSA) is 21.3 Å². The van der Waals surface area contributed by atoms with Crippen LogP contribution in [0, 0.1) is 5.41 Å². The number of hydrogen-bond acceptors (Lipinski definition) is 3. The minimum absolute atomic E-state index is 0.247. The van der Waals surface area contributed by atoms with Gasteiger partial charge in [-0.3, -0.25) is 0 Å². The Balaban J connectivity index is 1.69. The van der Waals surface area contributed by atoms with Gasteiger partial charge in [-0.25, -0.2) is 0 Å². The third-order valence-electron chi connectivity index (χ3n) is 4.56. The zero-order valence-corrected chi connectivity index (χ0v) is 12.1. The highest BCUT2D eigenvalue weighted by atomic mass is 32.2. The molecule has 0 aromatic heterocycles. The number of ether oxygens (including phenoxy) is 1. The van der Waals surface area contributed by atoms with Crippen molar-refractivity contribution in [3.05, 3.63) is 29.8 Å². The Bertz CT molecular complexity index is 446. The first-order valence-corrected chi connectivity index (χ1v) is 7.62. The first-order chi connectivity index (χ1) is 8.63. The van der Waals surface area contributed by atoms with Crippen LogP contribution in [0.1, 0.15) is 31.9 Å². The number of methoxy groups -OCH3 is 1. The molecule has 18 heavy (non-hydrogen) atoms. The van der Waals surface area contributed by atoms with Crippen molar-refractivity contribution in [2.45, 2.75) is 43.4 Å². The predicted octanol–water partition coefficient (Wildman–Crippen LogP) is 3.24. The Morgan fingerprint density at radius 2 is 2.11 bits per heavy atom. The lowest BCUT2D eigenvalue weighted by atomic mass is 9.64. The molecule has 1 fully saturated rings. The van der Waals surface area contributed by atoms with Gasteiger partial charge in [0, 0.05) is 35.3 Å². The van der Waals surface area contributed by atoms with Crippen molar-refractivity contribution in [3.63, 3.8) is 0 Å². The van der Waals surface area contributed by atoms with Crippen LogP contribution in [-0.2, 0) is 4.74 Å². The van der Waals surface area contributed by atoms with Crippen LogP contribution in [0.3, 0.4) is 0 Å². The Morgan fingerprint density at radius 1 is 1.33 bits per heavy atom. The van der Waals surface area contributed by atoms with Crippen LogP contribution in [-0.4, -0.2) is 25.0 Å². The Hall–Kier alpha value is -0.510. The van der Waals surface area contributed by atoms with E-state index in [1.165, 1.54) is 10.5 Å². The zero-order valence-electron chi connectivity index (χ0n) is 11.3. The molecule has 3 unspecified atom stereocenters. The van der Waals surface area contributed by atoms with Gasteiger partial charge in [-0.2, -0.15) is 0 Å². The molecule has 98 valence electrons. The highest BCUT2D eigenvalue weighted by Gasteiger charge is 2.49. The monoisotopic (exact) mass is 263 g/mol. The molecule has 0 spiro atoms. The average molecular weight is 263 g/mol. The molecule has 3 rings (SSSR count). The number of fused-ring (bicyclic) bond motifs is 1. The molecule has 0 saturated heterocycles. The summed E-state index contributed by atoms with van der Waals surface area (Å²) in [6.07, 6.45) is 1.53. The van der Waals surface area contributed by atoms with Gasteiger partial charge in [-0.1, -0.05) is 32.0 Å². The number of benzene rings is 1. The van der Waals surface area contributed by atoms with Gasteiger partial charge in [-0.05, 0) is 18.1 Å². The molecule has 1 aromatic rings. The summed E-state index contributed by atoms with van der Waals surface area (Å²) >= 11 is 1.97. The van der Waals surface area contributed by atoms with Crippen molar-refractivity contribution in [1.82, 2.24) is 5.32 Å². The molecule has 0 amide bonds. The van der Waals surface area contributed by atoms with Gasteiger partial charge < -0.3 is 10.1 Å². The molecule has 1 heterocycles. The zero-order chi connectivity index (χ0) is 12.8. The lowest BCUT2D eigenvalue weighted by Gasteiger charge is -2.52. The van der Waals surface area contributed by atoms with Crippen LogP contribution in [0.5, 0.6) is 0 Å². The van der Waals surface area contributed by atoms with E-state index in [0.717, 1.165) is 12.2 Å². The average Bonchev–Trinajstić information content (AvgIpc) is 2.77. The summed E-state index contributed by atoms with van der Waals surface area (Å²) in [5, 5.41) is 3.83. The summed E-state index contributed by atoms with van der Waals surface area (Å²) in [5.74, 6) is 1.16. The van der Waals surface area contributed by atoms with E-state index in [0.29, 0.717) is 18.2 Å². The van der Waals surface area contributed by atoms with Crippen LogP contribution >= 0.6 is 11.8 Å². The van der Waals surface area contributed by atoms with Crippen LogP contribution in [0.2, 0.25) is 0 Å². The van der Waals surface area contributed by atoms with E-state index in [2.05, 4.69) is 43.4 Å². The highest BCUT2D eigenvalue weighted by molar-refractivity contribution is 7.99. The quantitative estimate of drug-likeness (QED) is 0.904. The molecule has 1 aliphatic carbocycles. The molecule has 2 aliphatic rings. The maximum Gasteiger partial charge on any atom is 0.0652 e. The van der Waals surface area contributed by atoms with E-state index in [1.807, 2.05) is 18.9 Å². The SMILES string of the molecule is COC1CC(NC2CSc3ccccc32)C1(C)C. The second kappa shape index (κ2) is 4.55. The molecule has 2 nitrogen and oxygen atoms in total. The summed E-state index contributed by atoms with van der Waals surface area (Å²) in [6, 6.07) is 9.83. The summed E-state index contributed by atoms with van der Waals surface area (Å²) < 4.78 is 5.52. The highest BCUT2D eigenvalue weighted by Crippen LogP contribution is 2.45. The van der Waals surface area contributed by atoms with Gasteiger partial charge in [-0.15, -0.1) is 11.8 Å². The van der Waals surface area contributed by atoms with Crippen molar-refractivity contribution in [2.75, 3.05) is 12.9 Å². The van der Waals surface area contributed by atoms with Gasteiger partial charge in [0.1, 0.15) is 0 Å². The first kappa shape index (κ1) is 12.5. The molecular formula is C15H21NOS. The van der Waals surface area contributed by atoms with Crippen molar-refractivity contribution < 1.29 is 4.74 Å². The molecule has 0 bridgehead atoms. The van der Waals surface area contributed by atoms with Gasteiger partial charge in [0.05, 0.1) is 6.10 Å². The fourth-order valence-electron chi connectivity index (χ4n) is 3.11. The van der Waals surface area contributed by atoms with E-state index in [-0.39, 0.29) is 5.41 Å². The summed E-state index contributed by atoms with van der Waals surface area (Å²) in [4.78, 5) is 1.44. The minimum atomic E-state index is 0.247. The van der Waals surface area contributed by atoms with Crippen molar-refractivity contribution in [1.29, 1.82) is 0 Å². The predicted molar refractivity (Wildman–Crippen MR) is 76.0 cm³/mol. The Labute approximate surface area is 113 Å². The van der Waals surface area contributed by atoms with Crippen molar-refractivity contribution >= 4 is 11.8 Å². The third kappa shape index (κ3) is 1.89. The Morgan fingerprint density at radius 3 is 2.83 bits per heavy atom. The fraction of sp³-hybridized carbons (Fsp3) is 0.600. The number of rotatable bonds is 3. The maximum absolute atomic E-state index is 5.52. The largest absolute Gasteiger partial charge is 0.381 e. The summed E-state index contributed by atoms with van der Waals surface area (Å²) in [7, 11) is 1.82. The second-order valence-corrected chi connectivity index (χ2v) is 6.96. The summed E-state index contributed by atoms with van der Waals surface area (Å²) in [5.41, 5.74) is 1.72. The van der Waals surface area contributed by atoms with E-state index in [1.54, 1.807) is 0 Å². The van der Waals surface area contributed by atoms with E-state index in [4.69, 9.17) is 4.74 Å². The minimum Gasteiger partial charge on any atom is -0.381 e. The van der Waals surface area contributed by atoms with Crippen LogP contribution in [0.4, 0.5) is 0 Å². The van der Waals surface area contributed by atoms with Gasteiger partial charge in [0.15, 0.2) is 0 Å². The lowest BCUT2D eigenvalue weighted by molar-refractivity contribution is -0.0997. The van der Waals surface area contributed by atoms with Crippen LogP contribution < -0.4 is 5.32 Å². The van der Waals surface area contributed by atoms with Gasteiger partial charge in [0.2, 0.25) is 0 Å². The molecule has 3 atom stereocenters. The smallest absolute Gasteiger partial charge is 0.0652 e. The van der Waals surface area contributed by atoms with E-state index < -0.39 is 0 Å². The first-order valence-electron chi connectivity index (χ1n) is 6.63. The van der Waals surface area contributed by atoms with E-state index >= 15 is 0 Å². The Kier molecular flexibility index (Phi) is 3.16. The van der Waals surface area contributed by atoms with Crippen molar-refractivity contribution in [2.24, 2.45) is 5.41 Å². The summed E-state index contributed by atoms with van der Waals surface area (Å²) in [6.45, 7) is 4.60. The molecule has 1 aromatic carbocycles. The van der Waals surface area contributed by atoms with E-state index in [9.17, 15) is 0 Å². The van der Waals surface area contributed by atoms with Crippen LogP contribution in [0.25, 0.3) is 0 Å². The normalized spacial score (nSPS) is 32.9. The molecule has 0 radical (unpaired) electrons. The third-order valence-corrected chi connectivity index (χ3v) is 5.75. The fourth-order valence-corrected chi connectivity index (χ4v) is 4.29. The van der Waals surface area contributed by atoms with Crippen LogP contribution in [0.15, 0.2) is 29.2 Å². The molecule has 1 N–H and O–H groups in total. The standard InChI is InChI=1S/C15H21NOS/c1-15(2)13(8-14(15)17-3)16-11-9-18-12-7-5-4-6-10(11)12/h4-7,11,13-14,16H,8-9H2,1-3H3. The van der Waals surface area contributed by atoms with Gasteiger partial charge in [0.25, 0.3) is 0 Å². The van der Waals surface area contributed by atoms with Crippen molar-refractivity contribution in [3.8, 4) is 0 Å². The number of hydrogen-bond donors (Lipinski definition) is 1. The maximum atomic E-state index is 5.52. The molecule has 3 heteroatoms. The molecule has 1 saturated carbocycles. The number of nitrogens with one attached hydrogen (secondary N) is 1. The molecular weight excluding hydrogens is 242 g/mol. The second-order valence-electron chi connectivity index (χ2n) is 5.90. The lowest BCUT2D eigenvalue weighted by Crippen LogP contribution is -2.61. The number of thioether (sulfide) groups is 1.